The van der Waals surface area contributed by atoms with Gasteiger partial charge in [-0.2, -0.15) is 0 Å². The standard InChI is InChI=1S/C25H29FN4O5/c1-34-9-10-35-23-13-21(28)18(11-19(23)26)24(29)22(32)12-20(27)15-4-6-16(7-5-15)25(33)30-8-2-3-17(30)14-31/h4-7,11-13,17,27,29,31-32H,2-3,8-10,14,28H2,1H3/b22-12-,27-20?,29-24?/t17-/m0/s1. The zero-order valence-electron chi connectivity index (χ0n) is 19.4. The fourth-order valence-corrected chi connectivity index (χ4v) is 3.81. The molecule has 0 spiro atoms. The number of allylic oxidation sites excluding steroid dienone is 2. The van der Waals surface area contributed by atoms with Crippen LogP contribution in [0.4, 0.5) is 10.1 Å². The molecule has 0 saturated carbocycles. The number of hydrogen-bond donors (Lipinski definition) is 5. The molecule has 35 heavy (non-hydrogen) atoms. The first kappa shape index (κ1) is 25.9. The number of anilines is 1. The normalized spacial score (nSPS) is 15.8. The number of rotatable bonds is 10. The molecular weight excluding hydrogens is 455 g/mol. The van der Waals surface area contributed by atoms with Crippen molar-refractivity contribution in [2.24, 2.45) is 0 Å². The minimum atomic E-state index is -0.750. The third kappa shape index (κ3) is 6.03. The van der Waals surface area contributed by atoms with E-state index in [1.54, 1.807) is 29.2 Å². The summed E-state index contributed by atoms with van der Waals surface area (Å²) < 4.78 is 24.5. The van der Waals surface area contributed by atoms with E-state index in [1.807, 2.05) is 0 Å². The van der Waals surface area contributed by atoms with Crippen LogP contribution in [0.1, 0.15) is 34.3 Å². The fraction of sp³-hybridized carbons (Fsp3) is 0.320. The third-order valence-electron chi connectivity index (χ3n) is 5.75. The minimum Gasteiger partial charge on any atom is -0.506 e. The van der Waals surface area contributed by atoms with Crippen LogP contribution in [0.5, 0.6) is 5.75 Å². The molecule has 2 aromatic rings. The van der Waals surface area contributed by atoms with Crippen LogP contribution in [0.15, 0.2) is 48.2 Å². The summed E-state index contributed by atoms with van der Waals surface area (Å²) in [5.74, 6) is -1.61. The highest BCUT2D eigenvalue weighted by atomic mass is 19.1. The predicted octanol–water partition coefficient (Wildman–Crippen LogP) is 2.91. The van der Waals surface area contributed by atoms with Crippen LogP contribution in [0.2, 0.25) is 0 Å². The van der Waals surface area contributed by atoms with Gasteiger partial charge in [-0.3, -0.25) is 10.2 Å². The van der Waals surface area contributed by atoms with Crippen LogP contribution in [0, 0.1) is 16.6 Å². The Labute approximate surface area is 202 Å². The van der Waals surface area contributed by atoms with Crippen molar-refractivity contribution in [1.82, 2.24) is 4.90 Å². The number of nitrogens with zero attached hydrogens (tertiary/aromatic N) is 1. The minimum absolute atomic E-state index is 0.0289. The van der Waals surface area contributed by atoms with Crippen molar-refractivity contribution in [3.05, 3.63) is 70.7 Å². The number of amides is 1. The molecule has 186 valence electrons. The molecule has 0 bridgehead atoms. The Morgan fingerprint density at radius 2 is 1.91 bits per heavy atom. The number of likely N-dealkylation sites (tertiary alicyclic amines) is 1. The number of methoxy groups -OCH3 is 1. The summed E-state index contributed by atoms with van der Waals surface area (Å²) in [4.78, 5) is 14.3. The van der Waals surface area contributed by atoms with Gasteiger partial charge in [-0.05, 0) is 36.6 Å². The molecule has 1 amide bonds. The Kier molecular flexibility index (Phi) is 8.56. The summed E-state index contributed by atoms with van der Waals surface area (Å²) in [7, 11) is 1.49. The molecule has 9 nitrogen and oxygen atoms in total. The van der Waals surface area contributed by atoms with E-state index >= 15 is 0 Å². The van der Waals surface area contributed by atoms with Gasteiger partial charge in [0.1, 0.15) is 18.1 Å². The number of halogens is 1. The Balaban J connectivity index is 1.71. The number of nitrogen functional groups attached to an aromatic ring is 1. The lowest BCUT2D eigenvalue weighted by Crippen LogP contribution is -2.37. The van der Waals surface area contributed by atoms with Crippen molar-refractivity contribution in [2.45, 2.75) is 18.9 Å². The fourth-order valence-electron chi connectivity index (χ4n) is 3.81. The van der Waals surface area contributed by atoms with Crippen LogP contribution in [0.3, 0.4) is 0 Å². The van der Waals surface area contributed by atoms with Gasteiger partial charge in [-0.15, -0.1) is 0 Å². The number of ether oxygens (including phenoxy) is 2. The molecule has 1 atom stereocenters. The molecular formula is C25H29FN4O5. The topological polar surface area (TPSA) is 153 Å². The average molecular weight is 485 g/mol. The van der Waals surface area contributed by atoms with E-state index in [0.717, 1.165) is 25.0 Å². The number of carbonyl (C=O) groups excluding carboxylic acids is 1. The van der Waals surface area contributed by atoms with E-state index < -0.39 is 17.3 Å². The number of nitrogens with one attached hydrogen (secondary N) is 2. The van der Waals surface area contributed by atoms with Crippen LogP contribution in [-0.2, 0) is 4.74 Å². The van der Waals surface area contributed by atoms with Crippen molar-refractivity contribution in [3.63, 3.8) is 0 Å². The summed E-state index contributed by atoms with van der Waals surface area (Å²) in [6.45, 7) is 0.891. The predicted molar refractivity (Wildman–Crippen MR) is 130 cm³/mol. The van der Waals surface area contributed by atoms with Gasteiger partial charge >= 0.3 is 0 Å². The smallest absolute Gasteiger partial charge is 0.254 e. The number of carbonyl (C=O) groups is 1. The third-order valence-corrected chi connectivity index (χ3v) is 5.75. The first-order valence-corrected chi connectivity index (χ1v) is 11.1. The molecule has 0 unspecified atom stereocenters. The lowest BCUT2D eigenvalue weighted by molar-refractivity contribution is 0.0677. The summed E-state index contributed by atoms with van der Waals surface area (Å²) >= 11 is 0. The van der Waals surface area contributed by atoms with Crippen molar-refractivity contribution in [3.8, 4) is 5.75 Å². The molecule has 3 rings (SSSR count). The zero-order chi connectivity index (χ0) is 25.5. The molecule has 0 aliphatic carbocycles. The quantitative estimate of drug-likeness (QED) is 0.151. The first-order chi connectivity index (χ1) is 16.8. The van der Waals surface area contributed by atoms with E-state index in [-0.39, 0.29) is 54.5 Å². The van der Waals surface area contributed by atoms with Gasteiger partial charge in [-0.25, -0.2) is 4.39 Å². The van der Waals surface area contributed by atoms with E-state index in [0.29, 0.717) is 17.7 Å². The van der Waals surface area contributed by atoms with E-state index in [4.69, 9.17) is 26.0 Å². The molecule has 0 radical (unpaired) electrons. The van der Waals surface area contributed by atoms with E-state index in [2.05, 4.69) is 0 Å². The van der Waals surface area contributed by atoms with Crippen LogP contribution >= 0.6 is 0 Å². The number of nitrogens with two attached hydrogens (primary N) is 1. The van der Waals surface area contributed by atoms with Crippen molar-refractivity contribution >= 4 is 23.0 Å². The van der Waals surface area contributed by atoms with E-state index in [1.165, 1.54) is 13.2 Å². The second kappa shape index (κ2) is 11.6. The first-order valence-electron chi connectivity index (χ1n) is 11.1. The van der Waals surface area contributed by atoms with Gasteiger partial charge in [0.25, 0.3) is 5.91 Å². The Bertz CT molecular complexity index is 1130. The molecule has 1 heterocycles. The van der Waals surface area contributed by atoms with Gasteiger partial charge in [0, 0.05) is 42.6 Å². The molecule has 1 saturated heterocycles. The maximum Gasteiger partial charge on any atom is 0.254 e. The monoisotopic (exact) mass is 484 g/mol. The molecule has 2 aromatic carbocycles. The highest BCUT2D eigenvalue weighted by molar-refractivity contribution is 6.17. The molecule has 1 fully saturated rings. The average Bonchev–Trinajstić information content (AvgIpc) is 3.34. The highest BCUT2D eigenvalue weighted by Crippen LogP contribution is 2.26. The van der Waals surface area contributed by atoms with Crippen LogP contribution < -0.4 is 10.5 Å². The maximum atomic E-state index is 14.4. The SMILES string of the molecule is COCCOc1cc(N)c(C(=N)/C(O)=C/C(=N)c2ccc(C(=O)N3CCC[C@H]3CO)cc2)cc1F. The van der Waals surface area contributed by atoms with Crippen LogP contribution in [0.25, 0.3) is 0 Å². The Hall–Kier alpha value is -3.76. The second-order valence-electron chi connectivity index (χ2n) is 8.08. The van der Waals surface area contributed by atoms with Crippen molar-refractivity contribution in [1.29, 1.82) is 10.8 Å². The van der Waals surface area contributed by atoms with Gasteiger partial charge in [-0.1, -0.05) is 12.1 Å². The lowest BCUT2D eigenvalue weighted by Gasteiger charge is -2.23. The molecule has 1 aliphatic rings. The number of aliphatic hydroxyl groups is 2. The summed E-state index contributed by atoms with van der Waals surface area (Å²) in [5.41, 5.74) is 6.18. The zero-order valence-corrected chi connectivity index (χ0v) is 19.4. The Morgan fingerprint density at radius 3 is 2.57 bits per heavy atom. The number of hydrogen-bond acceptors (Lipinski definition) is 8. The van der Waals surface area contributed by atoms with Crippen LogP contribution in [-0.4, -0.2) is 72.0 Å². The summed E-state index contributed by atoms with van der Waals surface area (Å²) in [5, 5.41) is 36.3. The van der Waals surface area contributed by atoms with Gasteiger partial charge < -0.3 is 35.7 Å². The highest BCUT2D eigenvalue weighted by Gasteiger charge is 2.28. The molecule has 6 N–H and O–H groups in total. The maximum absolute atomic E-state index is 14.4. The summed E-state index contributed by atoms with van der Waals surface area (Å²) in [6, 6.07) is 8.31. The van der Waals surface area contributed by atoms with Crippen molar-refractivity contribution < 1.29 is 28.9 Å². The number of aliphatic hydroxyl groups excluding tert-OH is 2. The molecule has 10 heteroatoms. The van der Waals surface area contributed by atoms with E-state index in [9.17, 15) is 19.4 Å². The largest absolute Gasteiger partial charge is 0.506 e. The lowest BCUT2D eigenvalue weighted by atomic mass is 10.0. The van der Waals surface area contributed by atoms with Gasteiger partial charge in [0.05, 0.1) is 25.0 Å². The second-order valence-corrected chi connectivity index (χ2v) is 8.08. The van der Waals surface area contributed by atoms with Gasteiger partial charge in [0.2, 0.25) is 0 Å². The summed E-state index contributed by atoms with van der Waals surface area (Å²) in [6.07, 6.45) is 2.66. The Morgan fingerprint density at radius 1 is 1.23 bits per heavy atom. The van der Waals surface area contributed by atoms with Crippen molar-refractivity contribution in [2.75, 3.05) is 39.2 Å². The van der Waals surface area contributed by atoms with Gasteiger partial charge in [0.15, 0.2) is 11.6 Å². The number of benzene rings is 2. The molecule has 1 aliphatic heterocycles. The molecule has 0 aromatic heterocycles.